The van der Waals surface area contributed by atoms with Crippen LogP contribution in [-0.4, -0.2) is 51.6 Å². The molecule has 0 radical (unpaired) electrons. The molecule has 2 saturated heterocycles. The molecule has 1 amide bonds. The van der Waals surface area contributed by atoms with E-state index in [1.807, 2.05) is 0 Å². The first kappa shape index (κ1) is 19.9. The summed E-state index contributed by atoms with van der Waals surface area (Å²) in [6.45, 7) is 10.1. The summed E-state index contributed by atoms with van der Waals surface area (Å²) in [5, 5.41) is 8.46. The van der Waals surface area contributed by atoms with Crippen LogP contribution in [0.15, 0.2) is 4.42 Å². The smallest absolute Gasteiger partial charge is 0.230 e. The summed E-state index contributed by atoms with van der Waals surface area (Å²) >= 11 is 0. The molecule has 1 aromatic rings. The Labute approximate surface area is 169 Å². The van der Waals surface area contributed by atoms with Gasteiger partial charge in [0.15, 0.2) is 0 Å². The maximum atomic E-state index is 12.8. The van der Waals surface area contributed by atoms with Gasteiger partial charge in [0.25, 0.3) is 0 Å². The van der Waals surface area contributed by atoms with Crippen molar-refractivity contribution in [1.82, 2.24) is 20.0 Å². The van der Waals surface area contributed by atoms with Crippen LogP contribution in [0.2, 0.25) is 0 Å². The third-order valence-corrected chi connectivity index (χ3v) is 6.65. The van der Waals surface area contributed by atoms with Gasteiger partial charge < -0.3 is 9.32 Å². The van der Waals surface area contributed by atoms with Crippen molar-refractivity contribution < 1.29 is 9.21 Å². The summed E-state index contributed by atoms with van der Waals surface area (Å²) in [5.74, 6) is 2.88. The lowest BCUT2D eigenvalue weighted by Gasteiger charge is -2.40. The van der Waals surface area contributed by atoms with E-state index in [-0.39, 0.29) is 5.41 Å². The van der Waals surface area contributed by atoms with Crippen LogP contribution in [0.3, 0.4) is 0 Å². The van der Waals surface area contributed by atoms with Gasteiger partial charge in [-0.3, -0.25) is 9.69 Å². The van der Waals surface area contributed by atoms with Gasteiger partial charge in [-0.2, -0.15) is 0 Å². The van der Waals surface area contributed by atoms with Gasteiger partial charge >= 0.3 is 0 Å². The average Bonchev–Trinajstić information content (AvgIpc) is 3.44. The number of hydrogen-bond donors (Lipinski definition) is 0. The Morgan fingerprint density at radius 1 is 1.00 bits per heavy atom. The molecule has 28 heavy (non-hydrogen) atoms. The molecule has 0 bridgehead atoms. The number of nitrogens with zero attached hydrogens (tertiary/aromatic N) is 4. The third-order valence-electron chi connectivity index (χ3n) is 6.65. The van der Waals surface area contributed by atoms with E-state index in [1.54, 1.807) is 0 Å². The Kier molecular flexibility index (Phi) is 5.77. The SMILES string of the molecule is CC(C)(C)c1nnc(CN2CCC([C@H]3CCCCCN3C(=O)C3CC3)CC2)o1. The monoisotopic (exact) mass is 388 g/mol. The zero-order chi connectivity index (χ0) is 19.7. The largest absolute Gasteiger partial charge is 0.423 e. The maximum Gasteiger partial charge on any atom is 0.230 e. The summed E-state index contributed by atoms with van der Waals surface area (Å²) in [7, 11) is 0. The molecule has 4 rings (SSSR count). The number of carbonyl (C=O) groups is 1. The number of aromatic nitrogens is 2. The fraction of sp³-hybridized carbons (Fsp3) is 0.864. The fourth-order valence-electron chi connectivity index (χ4n) is 4.77. The molecule has 1 aromatic heterocycles. The van der Waals surface area contributed by atoms with E-state index in [4.69, 9.17) is 4.42 Å². The van der Waals surface area contributed by atoms with Crippen molar-refractivity contribution in [2.75, 3.05) is 19.6 Å². The van der Waals surface area contributed by atoms with E-state index in [1.165, 1.54) is 38.5 Å². The Morgan fingerprint density at radius 3 is 2.39 bits per heavy atom. The highest BCUT2D eigenvalue weighted by Crippen LogP contribution is 2.36. The molecule has 1 saturated carbocycles. The van der Waals surface area contributed by atoms with E-state index in [9.17, 15) is 4.79 Å². The summed E-state index contributed by atoms with van der Waals surface area (Å²) in [4.78, 5) is 17.6. The van der Waals surface area contributed by atoms with Crippen LogP contribution in [0, 0.1) is 11.8 Å². The molecular weight excluding hydrogens is 352 g/mol. The van der Waals surface area contributed by atoms with Gasteiger partial charge in [0.2, 0.25) is 17.7 Å². The fourth-order valence-corrected chi connectivity index (χ4v) is 4.77. The van der Waals surface area contributed by atoms with E-state index in [0.29, 0.717) is 29.7 Å². The molecule has 3 heterocycles. The minimum atomic E-state index is -0.102. The lowest BCUT2D eigenvalue weighted by Crippen LogP contribution is -2.48. The molecule has 6 nitrogen and oxygen atoms in total. The van der Waals surface area contributed by atoms with Crippen LogP contribution in [0.4, 0.5) is 0 Å². The zero-order valence-electron chi connectivity index (χ0n) is 17.8. The molecular formula is C22H36N4O2. The molecule has 3 fully saturated rings. The molecule has 0 aromatic carbocycles. The Hall–Kier alpha value is -1.43. The minimum absolute atomic E-state index is 0.102. The number of carbonyl (C=O) groups excluding carboxylic acids is 1. The Morgan fingerprint density at radius 2 is 1.75 bits per heavy atom. The lowest BCUT2D eigenvalue weighted by molar-refractivity contribution is -0.136. The van der Waals surface area contributed by atoms with Gasteiger partial charge in [0, 0.05) is 23.9 Å². The maximum absolute atomic E-state index is 12.8. The van der Waals surface area contributed by atoms with Crippen molar-refractivity contribution in [3.8, 4) is 0 Å². The number of likely N-dealkylation sites (tertiary alicyclic amines) is 2. The van der Waals surface area contributed by atoms with Crippen LogP contribution in [0.25, 0.3) is 0 Å². The van der Waals surface area contributed by atoms with Gasteiger partial charge in [0.05, 0.1) is 6.54 Å². The van der Waals surface area contributed by atoms with E-state index >= 15 is 0 Å². The summed E-state index contributed by atoms with van der Waals surface area (Å²) < 4.78 is 5.88. The number of hydrogen-bond acceptors (Lipinski definition) is 5. The first-order chi connectivity index (χ1) is 13.4. The molecule has 1 aliphatic carbocycles. The van der Waals surface area contributed by atoms with Crippen molar-refractivity contribution in [3.63, 3.8) is 0 Å². The minimum Gasteiger partial charge on any atom is -0.423 e. The highest BCUT2D eigenvalue weighted by atomic mass is 16.4. The highest BCUT2D eigenvalue weighted by Gasteiger charge is 2.39. The van der Waals surface area contributed by atoms with Crippen molar-refractivity contribution in [3.05, 3.63) is 11.8 Å². The van der Waals surface area contributed by atoms with Crippen LogP contribution in [0.1, 0.15) is 83.9 Å². The third kappa shape index (κ3) is 4.58. The van der Waals surface area contributed by atoms with E-state index in [0.717, 1.165) is 44.9 Å². The molecule has 3 aliphatic rings. The molecule has 0 unspecified atom stereocenters. The average molecular weight is 389 g/mol. The summed E-state index contributed by atoms with van der Waals surface area (Å²) in [5.41, 5.74) is -0.102. The second-order valence-electron chi connectivity index (χ2n) is 10.1. The van der Waals surface area contributed by atoms with Gasteiger partial charge in [-0.25, -0.2) is 0 Å². The Bertz CT molecular complexity index is 668. The topological polar surface area (TPSA) is 62.5 Å². The van der Waals surface area contributed by atoms with Crippen LogP contribution < -0.4 is 0 Å². The first-order valence-corrected chi connectivity index (χ1v) is 11.3. The second-order valence-corrected chi connectivity index (χ2v) is 10.1. The molecule has 6 heteroatoms. The lowest BCUT2D eigenvalue weighted by atomic mass is 9.86. The molecule has 2 aliphatic heterocycles. The summed E-state index contributed by atoms with van der Waals surface area (Å²) in [6.07, 6.45) is 9.48. The predicted octanol–water partition coefficient (Wildman–Crippen LogP) is 3.76. The molecule has 156 valence electrons. The quantitative estimate of drug-likeness (QED) is 0.786. The van der Waals surface area contributed by atoms with Gasteiger partial charge in [-0.15, -0.1) is 10.2 Å². The first-order valence-electron chi connectivity index (χ1n) is 11.3. The number of rotatable bonds is 4. The number of piperidine rings is 1. The van der Waals surface area contributed by atoms with Crippen LogP contribution >= 0.6 is 0 Å². The van der Waals surface area contributed by atoms with Crippen LogP contribution in [0.5, 0.6) is 0 Å². The highest BCUT2D eigenvalue weighted by molar-refractivity contribution is 5.81. The van der Waals surface area contributed by atoms with Gasteiger partial charge in [0.1, 0.15) is 0 Å². The normalized spacial score (nSPS) is 25.7. The van der Waals surface area contributed by atoms with Crippen molar-refractivity contribution in [2.24, 2.45) is 11.8 Å². The van der Waals surface area contributed by atoms with Crippen molar-refractivity contribution in [2.45, 2.75) is 90.1 Å². The Balaban J connectivity index is 1.33. The van der Waals surface area contributed by atoms with Gasteiger partial charge in [-0.1, -0.05) is 33.6 Å². The molecule has 0 spiro atoms. The predicted molar refractivity (Wildman–Crippen MR) is 108 cm³/mol. The van der Waals surface area contributed by atoms with Gasteiger partial charge in [-0.05, 0) is 57.5 Å². The standard InChI is InChI=1S/C22H36N4O2/c1-22(2,3)21-24-23-19(28-21)15-25-13-10-16(11-14-25)18-7-5-4-6-12-26(18)20(27)17-8-9-17/h16-18H,4-15H2,1-3H3/t18-/m1/s1. The van der Waals surface area contributed by atoms with Crippen LogP contribution in [-0.2, 0) is 16.8 Å². The molecule has 0 N–H and O–H groups in total. The van der Waals surface area contributed by atoms with E-state index < -0.39 is 0 Å². The second kappa shape index (κ2) is 8.13. The van der Waals surface area contributed by atoms with Crippen molar-refractivity contribution in [1.29, 1.82) is 0 Å². The molecule has 1 atom stereocenters. The van der Waals surface area contributed by atoms with Crippen molar-refractivity contribution >= 4 is 5.91 Å². The zero-order valence-corrected chi connectivity index (χ0v) is 17.8. The van der Waals surface area contributed by atoms with E-state index in [2.05, 4.69) is 40.8 Å². The summed E-state index contributed by atoms with van der Waals surface area (Å²) in [6, 6.07) is 0.466. The number of amides is 1.